The lowest BCUT2D eigenvalue weighted by Gasteiger charge is -2.38. The summed E-state index contributed by atoms with van der Waals surface area (Å²) in [7, 11) is 0. The number of carbonyl (C=O) groups is 1. The van der Waals surface area contributed by atoms with Crippen LogP contribution in [-0.4, -0.2) is 69.0 Å². The third-order valence-corrected chi connectivity index (χ3v) is 5.20. The Morgan fingerprint density at radius 2 is 2.18 bits per heavy atom. The molecular formula is C17H25N3O8. The second kappa shape index (κ2) is 8.53. The minimum absolute atomic E-state index is 0.00669. The van der Waals surface area contributed by atoms with E-state index in [-0.39, 0.29) is 12.4 Å². The molecule has 4 atom stereocenters. The quantitative estimate of drug-likeness (QED) is 0.398. The van der Waals surface area contributed by atoms with Crippen molar-refractivity contribution in [2.24, 2.45) is 5.41 Å². The highest BCUT2D eigenvalue weighted by molar-refractivity contribution is 5.78. The van der Waals surface area contributed by atoms with E-state index in [9.17, 15) is 19.8 Å². The van der Waals surface area contributed by atoms with Crippen molar-refractivity contribution in [3.8, 4) is 0 Å². The SMILES string of the molecule is CCOCC1(C(=O)ONc2ccn([C@@H]3O[C@H](CO)[C@@H](O)[C@H]3O)c(=O)n2)CCC1. The molecule has 2 heterocycles. The lowest BCUT2D eigenvalue weighted by atomic mass is 9.69. The topological polar surface area (TPSA) is 152 Å². The predicted octanol–water partition coefficient (Wildman–Crippen LogP) is -1.07. The first-order chi connectivity index (χ1) is 13.4. The Morgan fingerprint density at radius 1 is 1.43 bits per heavy atom. The number of hydrogen-bond donors (Lipinski definition) is 4. The van der Waals surface area contributed by atoms with E-state index in [1.807, 2.05) is 6.92 Å². The maximum atomic E-state index is 12.4. The Hall–Kier alpha value is -2.05. The molecule has 4 N–H and O–H groups in total. The van der Waals surface area contributed by atoms with E-state index in [2.05, 4.69) is 10.5 Å². The summed E-state index contributed by atoms with van der Waals surface area (Å²) in [6.07, 6.45) is -1.37. The maximum absolute atomic E-state index is 12.4. The summed E-state index contributed by atoms with van der Waals surface area (Å²) in [6.45, 7) is 2.13. The summed E-state index contributed by atoms with van der Waals surface area (Å²) in [6, 6.07) is 1.36. The first-order valence-corrected chi connectivity index (χ1v) is 9.18. The zero-order valence-electron chi connectivity index (χ0n) is 15.5. The fourth-order valence-electron chi connectivity index (χ4n) is 3.29. The average Bonchev–Trinajstić information content (AvgIpc) is 2.94. The van der Waals surface area contributed by atoms with Crippen molar-refractivity contribution < 1.29 is 34.4 Å². The Balaban J connectivity index is 1.63. The number of ether oxygens (including phenoxy) is 2. The van der Waals surface area contributed by atoms with Gasteiger partial charge in [0.25, 0.3) is 0 Å². The van der Waals surface area contributed by atoms with E-state index in [0.29, 0.717) is 19.4 Å². The molecule has 0 radical (unpaired) electrons. The van der Waals surface area contributed by atoms with Crippen molar-refractivity contribution in [3.63, 3.8) is 0 Å². The largest absolute Gasteiger partial charge is 0.394 e. The van der Waals surface area contributed by atoms with Crippen LogP contribution >= 0.6 is 0 Å². The molecule has 0 bridgehead atoms. The van der Waals surface area contributed by atoms with Gasteiger partial charge in [-0.3, -0.25) is 4.57 Å². The number of rotatable bonds is 8. The van der Waals surface area contributed by atoms with Gasteiger partial charge in [-0.15, -0.1) is 0 Å². The molecule has 0 unspecified atom stereocenters. The van der Waals surface area contributed by atoms with Crippen LogP contribution in [0.1, 0.15) is 32.4 Å². The van der Waals surface area contributed by atoms with Gasteiger partial charge >= 0.3 is 11.7 Å². The fourth-order valence-corrected chi connectivity index (χ4v) is 3.29. The van der Waals surface area contributed by atoms with E-state index < -0.39 is 48.2 Å². The average molecular weight is 399 g/mol. The van der Waals surface area contributed by atoms with Crippen LogP contribution in [-0.2, 0) is 19.1 Å². The number of aliphatic hydroxyl groups excluding tert-OH is 3. The molecule has 11 heteroatoms. The molecule has 156 valence electrons. The molecule has 1 saturated heterocycles. The molecule has 1 aliphatic heterocycles. The van der Waals surface area contributed by atoms with Gasteiger partial charge < -0.3 is 29.6 Å². The van der Waals surface area contributed by atoms with E-state index in [1.54, 1.807) is 0 Å². The van der Waals surface area contributed by atoms with E-state index in [0.717, 1.165) is 11.0 Å². The number of aromatic nitrogens is 2. The van der Waals surface area contributed by atoms with Crippen molar-refractivity contribution >= 4 is 11.8 Å². The summed E-state index contributed by atoms with van der Waals surface area (Å²) in [5.74, 6) is -0.464. The smallest absolute Gasteiger partial charge is 0.351 e. The third kappa shape index (κ3) is 3.89. The van der Waals surface area contributed by atoms with E-state index >= 15 is 0 Å². The van der Waals surface area contributed by atoms with Crippen LogP contribution in [0.15, 0.2) is 17.1 Å². The predicted molar refractivity (Wildman–Crippen MR) is 94.0 cm³/mol. The number of carbonyl (C=O) groups excluding carboxylic acids is 1. The van der Waals surface area contributed by atoms with Gasteiger partial charge in [-0.2, -0.15) is 4.98 Å². The Bertz CT molecular complexity index is 750. The molecule has 11 nitrogen and oxygen atoms in total. The second-order valence-corrected chi connectivity index (χ2v) is 6.99. The molecule has 0 aromatic carbocycles. The zero-order chi connectivity index (χ0) is 20.3. The van der Waals surface area contributed by atoms with Crippen molar-refractivity contribution in [1.29, 1.82) is 0 Å². The monoisotopic (exact) mass is 399 g/mol. The van der Waals surface area contributed by atoms with Crippen molar-refractivity contribution in [3.05, 3.63) is 22.7 Å². The molecule has 3 rings (SSSR count). The van der Waals surface area contributed by atoms with Crippen LogP contribution in [0.25, 0.3) is 0 Å². The van der Waals surface area contributed by atoms with Crippen LogP contribution < -0.4 is 11.2 Å². The van der Waals surface area contributed by atoms with Gasteiger partial charge in [0.05, 0.1) is 18.6 Å². The number of nitrogens with zero attached hydrogens (tertiary/aromatic N) is 2. The second-order valence-electron chi connectivity index (χ2n) is 6.99. The Morgan fingerprint density at radius 3 is 2.71 bits per heavy atom. The third-order valence-electron chi connectivity index (χ3n) is 5.20. The number of nitrogens with one attached hydrogen (secondary N) is 1. The number of anilines is 1. The molecule has 1 aliphatic carbocycles. The highest BCUT2D eigenvalue weighted by Crippen LogP contribution is 2.42. The molecule has 2 fully saturated rings. The highest BCUT2D eigenvalue weighted by atomic mass is 16.7. The standard InChI is InChI=1S/C17H25N3O8/c1-2-26-9-17(5-3-6-17)15(24)28-19-11-4-7-20(16(25)18-11)14-13(23)12(22)10(8-21)27-14/h4,7,10,12-14,21-23H,2-3,5-6,8-9H2,1H3,(H,18,19,25)/t10-,12-,13-,14-/m1/s1. The summed E-state index contributed by atoms with van der Waals surface area (Å²) in [5, 5.41) is 28.9. The van der Waals surface area contributed by atoms with Gasteiger partial charge in [0, 0.05) is 18.9 Å². The summed E-state index contributed by atoms with van der Waals surface area (Å²) >= 11 is 0. The zero-order valence-corrected chi connectivity index (χ0v) is 15.5. The van der Waals surface area contributed by atoms with Crippen molar-refractivity contribution in [2.75, 3.05) is 25.3 Å². The van der Waals surface area contributed by atoms with Crippen LogP contribution in [0.5, 0.6) is 0 Å². The molecule has 1 aromatic rings. The van der Waals surface area contributed by atoms with E-state index in [4.69, 9.17) is 19.4 Å². The Kier molecular flexibility index (Phi) is 6.30. The van der Waals surface area contributed by atoms with E-state index in [1.165, 1.54) is 12.3 Å². The molecule has 2 aliphatic rings. The van der Waals surface area contributed by atoms with Crippen LogP contribution in [0.2, 0.25) is 0 Å². The molecular weight excluding hydrogens is 374 g/mol. The number of aliphatic hydroxyl groups is 3. The van der Waals surface area contributed by atoms with Gasteiger partial charge in [0.1, 0.15) is 18.3 Å². The molecule has 1 aromatic heterocycles. The van der Waals surface area contributed by atoms with Crippen molar-refractivity contribution in [2.45, 2.75) is 50.7 Å². The van der Waals surface area contributed by atoms with Crippen LogP contribution in [0.4, 0.5) is 5.82 Å². The minimum atomic E-state index is -1.40. The minimum Gasteiger partial charge on any atom is -0.394 e. The lowest BCUT2D eigenvalue weighted by molar-refractivity contribution is -0.164. The Labute approximate surface area is 160 Å². The summed E-state index contributed by atoms with van der Waals surface area (Å²) < 4.78 is 11.7. The number of hydrogen-bond acceptors (Lipinski definition) is 10. The van der Waals surface area contributed by atoms with Crippen molar-refractivity contribution in [1.82, 2.24) is 9.55 Å². The molecule has 0 spiro atoms. The summed E-state index contributed by atoms with van der Waals surface area (Å²) in [4.78, 5) is 33.4. The molecule has 1 saturated carbocycles. The van der Waals surface area contributed by atoms with Crippen LogP contribution in [0, 0.1) is 5.41 Å². The first kappa shape index (κ1) is 20.7. The van der Waals surface area contributed by atoms with Crippen LogP contribution in [0.3, 0.4) is 0 Å². The summed E-state index contributed by atoms with van der Waals surface area (Å²) in [5.41, 5.74) is 0.911. The fraction of sp³-hybridized carbons (Fsp3) is 0.706. The lowest BCUT2D eigenvalue weighted by Crippen LogP contribution is -2.44. The normalized spacial score (nSPS) is 28.6. The van der Waals surface area contributed by atoms with Gasteiger partial charge in [-0.05, 0) is 19.8 Å². The maximum Gasteiger partial charge on any atom is 0.351 e. The molecule has 0 amide bonds. The highest BCUT2D eigenvalue weighted by Gasteiger charge is 2.46. The van der Waals surface area contributed by atoms with Gasteiger partial charge in [0.2, 0.25) is 0 Å². The van der Waals surface area contributed by atoms with Gasteiger partial charge in [-0.1, -0.05) is 6.42 Å². The first-order valence-electron chi connectivity index (χ1n) is 9.18. The molecule has 28 heavy (non-hydrogen) atoms. The van der Waals surface area contributed by atoms with Gasteiger partial charge in [0.15, 0.2) is 12.0 Å². The van der Waals surface area contributed by atoms with Gasteiger partial charge in [-0.25, -0.2) is 15.1 Å².